The molecule has 0 saturated heterocycles. The molecule has 3 nitrogen and oxygen atoms in total. The maximum atomic E-state index is 11.9. The molecule has 3 N–H and O–H groups in total. The molecule has 0 bridgehead atoms. The maximum Gasteiger partial charge on any atom is 0.232 e. The minimum atomic E-state index is -0.0238. The first-order valence-electron chi connectivity index (χ1n) is 5.89. The van der Waals surface area contributed by atoms with Crippen molar-refractivity contribution in [2.75, 3.05) is 11.1 Å². The van der Waals surface area contributed by atoms with Gasteiger partial charge in [0.2, 0.25) is 5.91 Å². The molecule has 0 fully saturated rings. The minimum Gasteiger partial charge on any atom is -0.398 e. The van der Waals surface area contributed by atoms with E-state index in [-0.39, 0.29) is 11.8 Å². The topological polar surface area (TPSA) is 55.1 Å². The molecule has 1 aromatic rings. The Hall–Kier alpha value is -1.03. The first kappa shape index (κ1) is 12.4. The number of hydrogen-bond donors (Lipinski definition) is 2. The number of nitrogens with two attached hydrogens (primary N) is 1. The van der Waals surface area contributed by atoms with Gasteiger partial charge in [0.1, 0.15) is 0 Å². The second kappa shape index (κ2) is 4.69. The Morgan fingerprint density at radius 1 is 1.47 bits per heavy atom. The Labute approximate surface area is 110 Å². The summed E-state index contributed by atoms with van der Waals surface area (Å²) in [5.41, 5.74) is 8.40. The summed E-state index contributed by atoms with van der Waals surface area (Å²) in [5.74, 6) is 0.687. The molecule has 0 spiro atoms. The van der Waals surface area contributed by atoms with Gasteiger partial charge in [-0.1, -0.05) is 13.8 Å². The minimum absolute atomic E-state index is 0.0238. The van der Waals surface area contributed by atoms with Crippen LogP contribution < -0.4 is 11.1 Å². The number of nitrogens with one attached hydrogen (secondary N) is 1. The lowest BCUT2D eigenvalue weighted by atomic mass is 9.92. The average molecular weight is 297 g/mol. The van der Waals surface area contributed by atoms with Crippen molar-refractivity contribution in [3.63, 3.8) is 0 Å². The van der Waals surface area contributed by atoms with Crippen LogP contribution in [0.4, 0.5) is 11.4 Å². The van der Waals surface area contributed by atoms with E-state index in [9.17, 15) is 4.79 Å². The Morgan fingerprint density at radius 3 is 2.82 bits per heavy atom. The van der Waals surface area contributed by atoms with Gasteiger partial charge < -0.3 is 11.1 Å². The van der Waals surface area contributed by atoms with E-state index in [1.54, 1.807) is 0 Å². The maximum absolute atomic E-state index is 11.9. The lowest BCUT2D eigenvalue weighted by Crippen LogP contribution is -2.12. The molecule has 1 unspecified atom stereocenters. The zero-order chi connectivity index (χ0) is 12.6. The van der Waals surface area contributed by atoms with Crippen LogP contribution in [0, 0.1) is 5.92 Å². The van der Waals surface area contributed by atoms with Crippen molar-refractivity contribution in [1.82, 2.24) is 0 Å². The lowest BCUT2D eigenvalue weighted by Gasteiger charge is -2.11. The molecule has 17 heavy (non-hydrogen) atoms. The number of amides is 1. The van der Waals surface area contributed by atoms with Gasteiger partial charge in [-0.25, -0.2) is 0 Å². The molecule has 92 valence electrons. The summed E-state index contributed by atoms with van der Waals surface area (Å²) in [7, 11) is 0. The van der Waals surface area contributed by atoms with Gasteiger partial charge in [-0.05, 0) is 52.4 Å². The molecule has 4 heteroatoms. The molecular formula is C13H17BrN2O. The second-order valence-electron chi connectivity index (χ2n) is 4.97. The number of rotatable bonds is 3. The molecule has 1 aliphatic heterocycles. The van der Waals surface area contributed by atoms with Crippen molar-refractivity contribution in [3.8, 4) is 0 Å². The van der Waals surface area contributed by atoms with Crippen molar-refractivity contribution >= 4 is 33.2 Å². The smallest absolute Gasteiger partial charge is 0.232 e. The highest BCUT2D eigenvalue weighted by molar-refractivity contribution is 9.10. The highest BCUT2D eigenvalue weighted by atomic mass is 79.9. The van der Waals surface area contributed by atoms with Crippen molar-refractivity contribution in [2.24, 2.45) is 5.92 Å². The fourth-order valence-corrected chi connectivity index (χ4v) is 2.51. The van der Waals surface area contributed by atoms with Crippen LogP contribution in [0.1, 0.15) is 38.2 Å². The van der Waals surface area contributed by atoms with E-state index in [2.05, 4.69) is 35.1 Å². The molecule has 1 aliphatic rings. The summed E-state index contributed by atoms with van der Waals surface area (Å²) in [4.78, 5) is 11.9. The number of hydrogen-bond acceptors (Lipinski definition) is 2. The summed E-state index contributed by atoms with van der Waals surface area (Å²) in [6.45, 7) is 4.35. The summed E-state index contributed by atoms with van der Waals surface area (Å²) in [6.07, 6.45) is 1.95. The van der Waals surface area contributed by atoms with Crippen LogP contribution in [0.5, 0.6) is 0 Å². The van der Waals surface area contributed by atoms with Gasteiger partial charge in [-0.3, -0.25) is 4.79 Å². The van der Waals surface area contributed by atoms with Crippen LogP contribution >= 0.6 is 15.9 Å². The van der Waals surface area contributed by atoms with Crippen molar-refractivity contribution in [1.29, 1.82) is 0 Å². The molecule has 1 heterocycles. The van der Waals surface area contributed by atoms with Crippen LogP contribution in [0.25, 0.3) is 0 Å². The van der Waals surface area contributed by atoms with Crippen LogP contribution in [0.2, 0.25) is 0 Å². The molecule has 1 aromatic carbocycles. The van der Waals surface area contributed by atoms with Crippen LogP contribution in [0.15, 0.2) is 16.6 Å². The molecule has 0 radical (unpaired) electrons. The standard InChI is InChI=1S/C13H17BrN2O/c1-7(2)3-4-8-9-5-10(14)11(15)6-12(9)16-13(8)17/h5-8H,3-4,15H2,1-2H3,(H,16,17). The molecule has 0 saturated carbocycles. The average Bonchev–Trinajstić information content (AvgIpc) is 2.52. The lowest BCUT2D eigenvalue weighted by molar-refractivity contribution is -0.117. The summed E-state index contributed by atoms with van der Waals surface area (Å²) in [6, 6.07) is 3.79. The first-order valence-corrected chi connectivity index (χ1v) is 6.68. The van der Waals surface area contributed by atoms with E-state index in [4.69, 9.17) is 5.73 Å². The number of halogens is 1. The van der Waals surface area contributed by atoms with Crippen LogP contribution in [-0.4, -0.2) is 5.91 Å². The quantitative estimate of drug-likeness (QED) is 0.839. The summed E-state index contributed by atoms with van der Waals surface area (Å²) < 4.78 is 0.863. The van der Waals surface area contributed by atoms with E-state index in [1.807, 2.05) is 12.1 Å². The van der Waals surface area contributed by atoms with Gasteiger partial charge in [-0.15, -0.1) is 0 Å². The Morgan fingerprint density at radius 2 is 2.18 bits per heavy atom. The van der Waals surface area contributed by atoms with Crippen molar-refractivity contribution < 1.29 is 4.79 Å². The number of carbonyl (C=O) groups is 1. The fraction of sp³-hybridized carbons (Fsp3) is 0.462. The summed E-state index contributed by atoms with van der Waals surface area (Å²) >= 11 is 3.41. The number of anilines is 2. The normalized spacial score (nSPS) is 18.4. The Bertz CT molecular complexity index is 457. The van der Waals surface area contributed by atoms with Gasteiger partial charge in [0.15, 0.2) is 0 Å². The van der Waals surface area contributed by atoms with E-state index < -0.39 is 0 Å². The van der Waals surface area contributed by atoms with Crippen molar-refractivity contribution in [2.45, 2.75) is 32.6 Å². The fourth-order valence-electron chi connectivity index (χ4n) is 2.15. The predicted molar refractivity (Wildman–Crippen MR) is 74.0 cm³/mol. The number of fused-ring (bicyclic) bond motifs is 1. The van der Waals surface area contributed by atoms with Crippen molar-refractivity contribution in [3.05, 3.63) is 22.2 Å². The number of nitrogen functional groups attached to an aromatic ring is 1. The summed E-state index contributed by atoms with van der Waals surface area (Å²) in [5, 5.41) is 2.90. The number of carbonyl (C=O) groups excluding carboxylic acids is 1. The molecule has 2 rings (SSSR count). The van der Waals surface area contributed by atoms with Crippen LogP contribution in [-0.2, 0) is 4.79 Å². The number of benzene rings is 1. The van der Waals surface area contributed by atoms with E-state index in [0.717, 1.165) is 28.6 Å². The van der Waals surface area contributed by atoms with E-state index >= 15 is 0 Å². The SMILES string of the molecule is CC(C)CCC1C(=O)Nc2cc(N)c(Br)cc21. The van der Waals surface area contributed by atoms with Gasteiger partial charge >= 0.3 is 0 Å². The second-order valence-corrected chi connectivity index (χ2v) is 5.83. The highest BCUT2D eigenvalue weighted by Crippen LogP contribution is 2.39. The van der Waals surface area contributed by atoms with E-state index in [0.29, 0.717) is 11.6 Å². The van der Waals surface area contributed by atoms with Gasteiger partial charge in [0.25, 0.3) is 0 Å². The highest BCUT2D eigenvalue weighted by Gasteiger charge is 2.30. The first-order chi connectivity index (χ1) is 7.99. The third kappa shape index (κ3) is 2.46. The zero-order valence-electron chi connectivity index (χ0n) is 10.1. The molecule has 0 aliphatic carbocycles. The monoisotopic (exact) mass is 296 g/mol. The zero-order valence-corrected chi connectivity index (χ0v) is 11.7. The predicted octanol–water partition coefficient (Wildman–Crippen LogP) is 3.50. The third-order valence-electron chi connectivity index (χ3n) is 3.15. The largest absolute Gasteiger partial charge is 0.398 e. The molecule has 0 aromatic heterocycles. The molecule has 1 atom stereocenters. The Balaban J connectivity index is 2.27. The Kier molecular flexibility index (Phi) is 3.43. The van der Waals surface area contributed by atoms with Gasteiger partial charge in [-0.2, -0.15) is 0 Å². The van der Waals surface area contributed by atoms with E-state index in [1.165, 1.54) is 0 Å². The van der Waals surface area contributed by atoms with Gasteiger partial charge in [0, 0.05) is 15.8 Å². The van der Waals surface area contributed by atoms with Crippen LogP contribution in [0.3, 0.4) is 0 Å². The van der Waals surface area contributed by atoms with Gasteiger partial charge in [0.05, 0.1) is 5.92 Å². The molecule has 1 amide bonds. The molecular weight excluding hydrogens is 280 g/mol. The third-order valence-corrected chi connectivity index (χ3v) is 3.84.